The smallest absolute Gasteiger partial charge is 0.250 e. The third-order valence-corrected chi connectivity index (χ3v) is 7.13. The van der Waals surface area contributed by atoms with E-state index in [0.29, 0.717) is 29.1 Å². The second-order valence-corrected chi connectivity index (χ2v) is 9.61. The number of nitrogens with one attached hydrogen (secondary N) is 2. The molecule has 7 nitrogen and oxygen atoms in total. The number of hydrogen-bond acceptors (Lipinski definition) is 4. The molecule has 3 aromatic heterocycles. The van der Waals surface area contributed by atoms with Crippen molar-refractivity contribution in [2.75, 3.05) is 5.32 Å². The molecule has 8 heteroatoms. The number of aromatic nitrogens is 4. The summed E-state index contributed by atoms with van der Waals surface area (Å²) in [5.74, 6) is -0.171. The number of halogens is 1. The lowest BCUT2D eigenvalue weighted by atomic mass is 10.1. The summed E-state index contributed by atoms with van der Waals surface area (Å²) in [6.45, 7) is 0.488. The quantitative estimate of drug-likeness (QED) is 0.228. The lowest BCUT2D eigenvalue weighted by Crippen LogP contribution is -2.15. The number of nitrogens with two attached hydrogens (primary N) is 1. The van der Waals surface area contributed by atoms with Crippen molar-refractivity contribution in [3.8, 4) is 17.1 Å². The number of hydrogen-bond donors (Lipinski definition) is 3. The number of anilines is 1. The first kappa shape index (κ1) is 23.6. The molecular weight excluding hydrogens is 503 g/mol. The van der Waals surface area contributed by atoms with Gasteiger partial charge in [0.05, 0.1) is 27.6 Å². The van der Waals surface area contributed by atoms with Gasteiger partial charge in [-0.15, -0.1) is 0 Å². The minimum Gasteiger partial charge on any atom is -0.380 e. The van der Waals surface area contributed by atoms with E-state index in [0.717, 1.165) is 44.1 Å². The molecule has 0 radical (unpaired) electrons. The van der Waals surface area contributed by atoms with Crippen molar-refractivity contribution in [3.63, 3.8) is 0 Å². The Labute approximate surface area is 228 Å². The molecular formula is C32H23FN6O. The molecule has 7 aromatic rings. The number of carbonyl (C=O) groups excluding carboxylic acids is 1. The van der Waals surface area contributed by atoms with Crippen LogP contribution in [-0.2, 0) is 6.54 Å². The second-order valence-electron chi connectivity index (χ2n) is 9.61. The first-order valence-electron chi connectivity index (χ1n) is 12.8. The predicted octanol–water partition coefficient (Wildman–Crippen LogP) is 6.57. The molecule has 0 saturated carbocycles. The van der Waals surface area contributed by atoms with Gasteiger partial charge in [-0.3, -0.25) is 9.78 Å². The molecule has 0 fully saturated rings. The monoisotopic (exact) mass is 526 g/mol. The number of pyridine rings is 1. The third kappa shape index (κ3) is 3.94. The Morgan fingerprint density at radius 2 is 1.82 bits per heavy atom. The Bertz CT molecular complexity index is 2060. The summed E-state index contributed by atoms with van der Waals surface area (Å²) in [4.78, 5) is 24.5. The fourth-order valence-electron chi connectivity index (χ4n) is 5.33. The van der Waals surface area contributed by atoms with Gasteiger partial charge in [-0.05, 0) is 54.1 Å². The molecule has 0 bridgehead atoms. The number of fused-ring (bicyclic) bond motifs is 4. The van der Waals surface area contributed by atoms with Crippen LogP contribution in [0.1, 0.15) is 15.9 Å². The normalized spacial score (nSPS) is 11.4. The Kier molecular flexibility index (Phi) is 5.52. The Morgan fingerprint density at radius 3 is 2.67 bits per heavy atom. The van der Waals surface area contributed by atoms with Crippen molar-refractivity contribution in [2.45, 2.75) is 6.54 Å². The molecule has 0 unspecified atom stereocenters. The zero-order valence-electron chi connectivity index (χ0n) is 21.2. The molecule has 0 aliphatic heterocycles. The summed E-state index contributed by atoms with van der Waals surface area (Å²) in [5.41, 5.74) is 12.8. The molecule has 194 valence electrons. The average Bonchev–Trinajstić information content (AvgIpc) is 3.55. The lowest BCUT2D eigenvalue weighted by molar-refractivity contribution is 0.100. The first-order valence-corrected chi connectivity index (χ1v) is 12.8. The minimum atomic E-state index is -0.508. The van der Waals surface area contributed by atoms with Crippen molar-refractivity contribution in [1.29, 1.82) is 0 Å². The van der Waals surface area contributed by atoms with Gasteiger partial charge in [0.1, 0.15) is 11.6 Å². The molecule has 0 spiro atoms. The van der Waals surface area contributed by atoms with Crippen LogP contribution in [0.5, 0.6) is 0 Å². The zero-order chi connectivity index (χ0) is 27.2. The number of nitrogens with zero attached hydrogens (tertiary/aromatic N) is 3. The summed E-state index contributed by atoms with van der Waals surface area (Å²) in [6, 6.07) is 28.2. The number of benzene rings is 4. The summed E-state index contributed by atoms with van der Waals surface area (Å²) >= 11 is 0. The number of primary amides is 1. The van der Waals surface area contributed by atoms with Gasteiger partial charge in [0, 0.05) is 52.7 Å². The van der Waals surface area contributed by atoms with E-state index in [1.54, 1.807) is 24.5 Å². The summed E-state index contributed by atoms with van der Waals surface area (Å²) in [5, 5.41) is 5.43. The minimum absolute atomic E-state index is 0.326. The van der Waals surface area contributed by atoms with Gasteiger partial charge < -0.3 is 20.6 Å². The first-order chi connectivity index (χ1) is 19.6. The molecule has 40 heavy (non-hydrogen) atoms. The van der Waals surface area contributed by atoms with Gasteiger partial charge in [0.25, 0.3) is 5.91 Å². The van der Waals surface area contributed by atoms with E-state index in [2.05, 4.69) is 38.1 Å². The van der Waals surface area contributed by atoms with Crippen molar-refractivity contribution < 1.29 is 9.18 Å². The number of para-hydroxylation sites is 1. The highest BCUT2D eigenvalue weighted by Crippen LogP contribution is 2.38. The number of amides is 1. The van der Waals surface area contributed by atoms with Crippen LogP contribution in [0.4, 0.5) is 10.1 Å². The van der Waals surface area contributed by atoms with Crippen LogP contribution >= 0.6 is 0 Å². The number of carbonyl (C=O) groups is 1. The highest BCUT2D eigenvalue weighted by Gasteiger charge is 2.19. The van der Waals surface area contributed by atoms with Crippen molar-refractivity contribution in [2.24, 2.45) is 5.73 Å². The van der Waals surface area contributed by atoms with Crippen LogP contribution < -0.4 is 11.1 Å². The second kappa shape index (κ2) is 9.36. The van der Waals surface area contributed by atoms with Gasteiger partial charge in [-0.2, -0.15) is 0 Å². The topological polar surface area (TPSA) is 102 Å². The summed E-state index contributed by atoms with van der Waals surface area (Å²) in [6.07, 6.45) is 3.50. The maximum absolute atomic E-state index is 13.9. The predicted molar refractivity (Wildman–Crippen MR) is 156 cm³/mol. The Balaban J connectivity index is 1.42. The fraction of sp³-hybridized carbons (Fsp3) is 0.0312. The van der Waals surface area contributed by atoms with E-state index in [-0.39, 0.29) is 5.82 Å². The van der Waals surface area contributed by atoms with E-state index < -0.39 is 5.91 Å². The molecule has 4 N–H and O–H groups in total. The SMILES string of the molecule is NC(=O)c1ccc(-n2c3ccccc3c3c(-c4nc5cc(F)ccc5[nH]4)cccc32)cc1NCc1cccnc1. The number of imidazole rings is 1. The summed E-state index contributed by atoms with van der Waals surface area (Å²) in [7, 11) is 0. The number of rotatable bonds is 6. The molecule has 1 amide bonds. The zero-order valence-corrected chi connectivity index (χ0v) is 21.2. The van der Waals surface area contributed by atoms with Gasteiger partial charge >= 0.3 is 0 Å². The molecule has 0 aliphatic rings. The standard InChI is InChI=1S/C32H23FN6O/c33-20-10-13-25-27(15-20)38-32(37-25)24-7-3-9-29-30(24)23-6-1-2-8-28(23)39(29)21-11-12-22(31(34)40)26(16-21)36-18-19-5-4-14-35-17-19/h1-17,36H,18H2,(H2,34,40)(H,37,38). The Morgan fingerprint density at radius 1 is 0.950 bits per heavy atom. The van der Waals surface area contributed by atoms with Crippen LogP contribution in [0.3, 0.4) is 0 Å². The van der Waals surface area contributed by atoms with Gasteiger partial charge in [-0.25, -0.2) is 9.37 Å². The molecule has 4 aromatic carbocycles. The van der Waals surface area contributed by atoms with Crippen LogP contribution in [-0.4, -0.2) is 25.4 Å². The lowest BCUT2D eigenvalue weighted by Gasteiger charge is -2.14. The maximum Gasteiger partial charge on any atom is 0.250 e. The highest BCUT2D eigenvalue weighted by molar-refractivity contribution is 6.15. The van der Waals surface area contributed by atoms with E-state index in [9.17, 15) is 9.18 Å². The molecule has 0 atom stereocenters. The van der Waals surface area contributed by atoms with Crippen LogP contribution in [0.2, 0.25) is 0 Å². The molecule has 3 heterocycles. The van der Waals surface area contributed by atoms with E-state index in [1.165, 1.54) is 12.1 Å². The third-order valence-electron chi connectivity index (χ3n) is 7.13. The van der Waals surface area contributed by atoms with Crippen LogP contribution in [0.25, 0.3) is 49.9 Å². The van der Waals surface area contributed by atoms with Crippen molar-refractivity contribution >= 4 is 44.4 Å². The van der Waals surface area contributed by atoms with E-state index in [1.807, 2.05) is 48.5 Å². The van der Waals surface area contributed by atoms with Crippen LogP contribution in [0, 0.1) is 5.82 Å². The Hall–Kier alpha value is -5.50. The molecule has 0 saturated heterocycles. The maximum atomic E-state index is 13.9. The van der Waals surface area contributed by atoms with Gasteiger partial charge in [0.15, 0.2) is 0 Å². The number of aromatic amines is 1. The summed E-state index contributed by atoms with van der Waals surface area (Å²) < 4.78 is 16.0. The average molecular weight is 527 g/mol. The largest absolute Gasteiger partial charge is 0.380 e. The van der Waals surface area contributed by atoms with Gasteiger partial charge in [0.2, 0.25) is 0 Å². The number of H-pyrrole nitrogens is 1. The molecule has 0 aliphatic carbocycles. The molecule has 7 rings (SSSR count). The van der Waals surface area contributed by atoms with Crippen molar-refractivity contribution in [1.82, 2.24) is 19.5 Å². The van der Waals surface area contributed by atoms with Gasteiger partial charge in [-0.1, -0.05) is 36.4 Å². The highest BCUT2D eigenvalue weighted by atomic mass is 19.1. The van der Waals surface area contributed by atoms with Crippen molar-refractivity contribution in [3.05, 3.63) is 120 Å². The van der Waals surface area contributed by atoms with Crippen LogP contribution in [0.15, 0.2) is 103 Å². The van der Waals surface area contributed by atoms with E-state index in [4.69, 9.17) is 10.7 Å². The fourth-order valence-corrected chi connectivity index (χ4v) is 5.33. The van der Waals surface area contributed by atoms with E-state index >= 15 is 0 Å².